The van der Waals surface area contributed by atoms with Crippen molar-refractivity contribution in [3.8, 4) is 16.3 Å². The van der Waals surface area contributed by atoms with E-state index in [1.54, 1.807) is 17.4 Å². The first kappa shape index (κ1) is 13.0. The Kier molecular flexibility index (Phi) is 3.98. The molecule has 0 unspecified atom stereocenters. The summed E-state index contributed by atoms with van der Waals surface area (Å²) in [6.45, 7) is 0. The molecule has 6 heteroatoms. The molecule has 0 aliphatic carbocycles. The summed E-state index contributed by atoms with van der Waals surface area (Å²) in [7, 11) is 2.82. The highest BCUT2D eigenvalue weighted by molar-refractivity contribution is 9.10. The maximum Gasteiger partial charge on any atom is 0.341 e. The molecule has 0 fully saturated rings. The Morgan fingerprint density at radius 1 is 1.44 bits per heavy atom. The SMILES string of the molecule is COC(=O)c1cc(-c2cccs2)nc(Br)c1OC. The van der Waals surface area contributed by atoms with Crippen molar-refractivity contribution in [1.29, 1.82) is 0 Å². The van der Waals surface area contributed by atoms with Gasteiger partial charge in [-0.1, -0.05) is 6.07 Å². The average molecular weight is 328 g/mol. The van der Waals surface area contributed by atoms with Crippen molar-refractivity contribution in [2.24, 2.45) is 0 Å². The molecule has 0 atom stereocenters. The van der Waals surface area contributed by atoms with Crippen LogP contribution in [-0.2, 0) is 4.74 Å². The van der Waals surface area contributed by atoms with Gasteiger partial charge in [0.2, 0.25) is 0 Å². The van der Waals surface area contributed by atoms with Crippen molar-refractivity contribution in [2.45, 2.75) is 0 Å². The van der Waals surface area contributed by atoms with Crippen molar-refractivity contribution in [3.63, 3.8) is 0 Å². The van der Waals surface area contributed by atoms with Gasteiger partial charge in [-0.15, -0.1) is 11.3 Å². The van der Waals surface area contributed by atoms with Crippen molar-refractivity contribution in [3.05, 3.63) is 33.7 Å². The van der Waals surface area contributed by atoms with E-state index in [4.69, 9.17) is 9.47 Å². The minimum atomic E-state index is -0.451. The molecule has 2 aromatic rings. The van der Waals surface area contributed by atoms with Crippen LogP contribution in [0, 0.1) is 0 Å². The van der Waals surface area contributed by atoms with Gasteiger partial charge in [-0.05, 0) is 33.4 Å². The summed E-state index contributed by atoms with van der Waals surface area (Å²) in [4.78, 5) is 17.1. The van der Waals surface area contributed by atoms with Crippen LogP contribution in [0.2, 0.25) is 0 Å². The zero-order valence-electron chi connectivity index (χ0n) is 9.77. The molecule has 0 spiro atoms. The van der Waals surface area contributed by atoms with Gasteiger partial charge in [0.25, 0.3) is 0 Å². The summed E-state index contributed by atoms with van der Waals surface area (Å²) in [5.41, 5.74) is 1.06. The van der Waals surface area contributed by atoms with Crippen molar-refractivity contribution < 1.29 is 14.3 Å². The molecule has 2 aromatic heterocycles. The Morgan fingerprint density at radius 3 is 2.78 bits per heavy atom. The number of pyridine rings is 1. The number of carbonyl (C=O) groups excluding carboxylic acids is 1. The summed E-state index contributed by atoms with van der Waals surface area (Å²) < 4.78 is 10.4. The van der Waals surface area contributed by atoms with Crippen LogP contribution in [0.1, 0.15) is 10.4 Å². The van der Waals surface area contributed by atoms with Gasteiger partial charge in [0.05, 0.1) is 24.8 Å². The quantitative estimate of drug-likeness (QED) is 0.640. The molecule has 0 saturated carbocycles. The van der Waals surface area contributed by atoms with E-state index in [0.29, 0.717) is 21.6 Å². The highest BCUT2D eigenvalue weighted by atomic mass is 79.9. The van der Waals surface area contributed by atoms with Crippen molar-refractivity contribution in [2.75, 3.05) is 14.2 Å². The molecule has 0 aromatic carbocycles. The van der Waals surface area contributed by atoms with Crippen molar-refractivity contribution >= 4 is 33.2 Å². The fourth-order valence-electron chi connectivity index (χ4n) is 1.51. The van der Waals surface area contributed by atoms with Crippen LogP contribution in [0.15, 0.2) is 28.2 Å². The molecular formula is C12H10BrNO3S. The molecule has 4 nitrogen and oxygen atoms in total. The molecule has 0 aliphatic heterocycles. The lowest BCUT2D eigenvalue weighted by atomic mass is 10.2. The van der Waals surface area contributed by atoms with E-state index in [1.165, 1.54) is 14.2 Å². The van der Waals surface area contributed by atoms with E-state index in [2.05, 4.69) is 20.9 Å². The average Bonchev–Trinajstić information content (AvgIpc) is 2.90. The highest BCUT2D eigenvalue weighted by Gasteiger charge is 2.19. The van der Waals surface area contributed by atoms with Crippen LogP contribution >= 0.6 is 27.3 Å². The number of hydrogen-bond acceptors (Lipinski definition) is 5. The number of carbonyl (C=O) groups is 1. The molecule has 18 heavy (non-hydrogen) atoms. The fourth-order valence-corrected chi connectivity index (χ4v) is 2.76. The lowest BCUT2D eigenvalue weighted by Gasteiger charge is -2.10. The number of hydrogen-bond donors (Lipinski definition) is 0. The van der Waals surface area contributed by atoms with E-state index in [-0.39, 0.29) is 0 Å². The van der Waals surface area contributed by atoms with Crippen molar-refractivity contribution in [1.82, 2.24) is 4.98 Å². The van der Waals surface area contributed by atoms with Gasteiger partial charge in [0.1, 0.15) is 10.2 Å². The molecule has 0 aliphatic rings. The van der Waals surface area contributed by atoms with E-state index in [1.807, 2.05) is 17.5 Å². The minimum Gasteiger partial charge on any atom is -0.493 e. The Balaban J connectivity index is 2.59. The van der Waals surface area contributed by atoms with Gasteiger partial charge in [0.15, 0.2) is 5.75 Å². The van der Waals surface area contributed by atoms with Gasteiger partial charge in [-0.25, -0.2) is 9.78 Å². The molecule has 0 N–H and O–H groups in total. The second-order valence-electron chi connectivity index (χ2n) is 3.35. The van der Waals surface area contributed by atoms with Crippen LogP contribution in [0.3, 0.4) is 0 Å². The topological polar surface area (TPSA) is 48.4 Å². The Labute approximate surface area is 117 Å². The van der Waals surface area contributed by atoms with E-state index >= 15 is 0 Å². The van der Waals surface area contributed by atoms with Gasteiger partial charge >= 0.3 is 5.97 Å². The molecule has 94 valence electrons. The van der Waals surface area contributed by atoms with E-state index in [0.717, 1.165) is 4.88 Å². The predicted octanol–water partition coefficient (Wildman–Crippen LogP) is 3.37. The molecule has 0 radical (unpaired) electrons. The number of rotatable bonds is 3. The smallest absolute Gasteiger partial charge is 0.341 e. The molecule has 0 saturated heterocycles. The Bertz CT molecular complexity index is 569. The third-order valence-electron chi connectivity index (χ3n) is 2.31. The van der Waals surface area contributed by atoms with Crippen LogP contribution in [0.5, 0.6) is 5.75 Å². The Morgan fingerprint density at radius 2 is 2.22 bits per heavy atom. The van der Waals surface area contributed by atoms with Crippen LogP contribution in [0.4, 0.5) is 0 Å². The van der Waals surface area contributed by atoms with E-state index < -0.39 is 5.97 Å². The fraction of sp³-hybridized carbons (Fsp3) is 0.167. The molecule has 0 bridgehead atoms. The first-order chi connectivity index (χ1) is 8.67. The standard InChI is InChI=1S/C12H10BrNO3S/c1-16-10-7(12(15)17-2)6-8(14-11(10)13)9-4-3-5-18-9/h3-6H,1-2H3. The zero-order valence-corrected chi connectivity index (χ0v) is 12.2. The summed E-state index contributed by atoms with van der Waals surface area (Å²) in [5.74, 6) is -0.0742. The molecular weight excluding hydrogens is 318 g/mol. The monoisotopic (exact) mass is 327 g/mol. The first-order valence-corrected chi connectivity index (χ1v) is 6.71. The number of aromatic nitrogens is 1. The lowest BCUT2D eigenvalue weighted by Crippen LogP contribution is -2.06. The minimum absolute atomic E-state index is 0.352. The highest BCUT2D eigenvalue weighted by Crippen LogP contribution is 2.33. The number of methoxy groups -OCH3 is 2. The number of thiophene rings is 1. The van der Waals surface area contributed by atoms with E-state index in [9.17, 15) is 4.79 Å². The molecule has 2 heterocycles. The maximum atomic E-state index is 11.7. The number of halogens is 1. The lowest BCUT2D eigenvalue weighted by molar-refractivity contribution is 0.0597. The summed E-state index contributed by atoms with van der Waals surface area (Å²) in [6, 6.07) is 5.53. The number of nitrogens with zero attached hydrogens (tertiary/aromatic N) is 1. The Hall–Kier alpha value is -1.40. The van der Waals surface area contributed by atoms with Crippen LogP contribution in [0.25, 0.3) is 10.6 Å². The van der Waals surface area contributed by atoms with Crippen LogP contribution < -0.4 is 4.74 Å². The third kappa shape index (κ3) is 2.39. The first-order valence-electron chi connectivity index (χ1n) is 5.04. The molecule has 0 amide bonds. The normalized spacial score (nSPS) is 10.2. The summed E-state index contributed by atoms with van der Waals surface area (Å²) >= 11 is 4.85. The maximum absolute atomic E-state index is 11.7. The molecule has 2 rings (SSSR count). The van der Waals surface area contributed by atoms with Crippen LogP contribution in [-0.4, -0.2) is 25.2 Å². The predicted molar refractivity (Wildman–Crippen MR) is 73.1 cm³/mol. The summed E-state index contributed by atoms with van der Waals surface area (Å²) in [5, 5.41) is 1.95. The second kappa shape index (κ2) is 5.49. The largest absolute Gasteiger partial charge is 0.493 e. The van der Waals surface area contributed by atoms with Gasteiger partial charge in [-0.2, -0.15) is 0 Å². The van der Waals surface area contributed by atoms with Gasteiger partial charge in [-0.3, -0.25) is 0 Å². The zero-order chi connectivity index (χ0) is 13.1. The second-order valence-corrected chi connectivity index (χ2v) is 5.05. The van der Waals surface area contributed by atoms with Gasteiger partial charge < -0.3 is 9.47 Å². The third-order valence-corrected chi connectivity index (χ3v) is 3.74. The van der Waals surface area contributed by atoms with Gasteiger partial charge in [0, 0.05) is 0 Å². The number of ether oxygens (including phenoxy) is 2. The number of esters is 1. The summed E-state index contributed by atoms with van der Waals surface area (Å²) in [6.07, 6.45) is 0.